The molecule has 0 bridgehead atoms. The number of aliphatic hydroxyl groups excluding tert-OH is 2. The van der Waals surface area contributed by atoms with E-state index in [0.29, 0.717) is 19.4 Å². The normalized spacial score (nSPS) is 12.8. The van der Waals surface area contributed by atoms with Crippen molar-refractivity contribution in [3.05, 3.63) is 36.5 Å². The van der Waals surface area contributed by atoms with E-state index in [1.54, 1.807) is 6.08 Å². The van der Waals surface area contributed by atoms with Crippen molar-refractivity contribution in [3.8, 4) is 0 Å². The highest BCUT2D eigenvalue weighted by Crippen LogP contribution is 2.17. The Morgan fingerprint density at radius 2 is 0.750 bits per heavy atom. The van der Waals surface area contributed by atoms with Crippen LogP contribution in [0.4, 0.5) is 0 Å². The number of hydrogen-bond donors (Lipinski definition) is 3. The first-order valence-electron chi connectivity index (χ1n) is 30.3. The van der Waals surface area contributed by atoms with Crippen LogP contribution in [0.1, 0.15) is 322 Å². The van der Waals surface area contributed by atoms with E-state index < -0.39 is 12.1 Å². The Bertz CT molecular complexity index is 1100. The highest BCUT2D eigenvalue weighted by atomic mass is 16.5. The Morgan fingerprint density at radius 1 is 0.412 bits per heavy atom. The molecule has 68 heavy (non-hydrogen) atoms. The number of hydrogen-bond acceptors (Lipinski definition) is 5. The third-order valence-corrected chi connectivity index (χ3v) is 13.9. The molecule has 2 atom stereocenters. The third kappa shape index (κ3) is 53.4. The van der Waals surface area contributed by atoms with Gasteiger partial charge in [0.05, 0.1) is 25.4 Å². The molecule has 6 nitrogen and oxygen atoms in total. The number of ether oxygens (including phenoxy) is 1. The number of nitrogens with one attached hydrogen (secondary N) is 1. The minimum absolute atomic E-state index is 0.00194. The van der Waals surface area contributed by atoms with Crippen molar-refractivity contribution in [3.63, 3.8) is 0 Å². The molecule has 0 fully saturated rings. The molecule has 0 rings (SSSR count). The standard InChI is InChI=1S/C62H117NO5/c1-3-5-7-9-11-13-15-16-32-36-40-44-48-52-56-62(67)68-57-53-49-45-41-37-33-30-28-26-24-22-20-18-17-19-21-23-25-27-29-31-35-39-43-47-51-55-61(66)63-59(58-64)60(65)54-50-46-42-38-34-14-12-10-8-6-4-2/h9,11,15-16,50,54,59-60,64-65H,3-8,10,12-14,17-49,51-53,55-58H2,1-2H3,(H,63,66)/b11-9-,16-15-,54-50+. The molecule has 0 saturated carbocycles. The van der Waals surface area contributed by atoms with Gasteiger partial charge in [0, 0.05) is 12.8 Å². The third-order valence-electron chi connectivity index (χ3n) is 13.9. The molecule has 0 heterocycles. The molecule has 3 N–H and O–H groups in total. The van der Waals surface area contributed by atoms with E-state index >= 15 is 0 Å². The van der Waals surface area contributed by atoms with Gasteiger partial charge in [0.25, 0.3) is 0 Å². The summed E-state index contributed by atoms with van der Waals surface area (Å²) in [4.78, 5) is 24.5. The first-order valence-corrected chi connectivity index (χ1v) is 30.3. The predicted molar refractivity (Wildman–Crippen MR) is 296 cm³/mol. The van der Waals surface area contributed by atoms with Gasteiger partial charge >= 0.3 is 5.97 Å². The largest absolute Gasteiger partial charge is 0.466 e. The Hall–Kier alpha value is -1.92. The van der Waals surface area contributed by atoms with Gasteiger partial charge in [-0.25, -0.2) is 0 Å². The molecule has 0 aliphatic rings. The lowest BCUT2D eigenvalue weighted by Crippen LogP contribution is -2.45. The minimum Gasteiger partial charge on any atom is -0.466 e. The van der Waals surface area contributed by atoms with Crippen LogP contribution in [0, 0.1) is 0 Å². The summed E-state index contributed by atoms with van der Waals surface area (Å²) in [5.41, 5.74) is 0. The summed E-state index contributed by atoms with van der Waals surface area (Å²) < 4.78 is 5.47. The van der Waals surface area contributed by atoms with Gasteiger partial charge in [-0.1, -0.05) is 288 Å². The zero-order valence-electron chi connectivity index (χ0n) is 45.6. The van der Waals surface area contributed by atoms with Gasteiger partial charge in [0.1, 0.15) is 0 Å². The summed E-state index contributed by atoms with van der Waals surface area (Å²) in [6.07, 6.45) is 71.9. The summed E-state index contributed by atoms with van der Waals surface area (Å²) in [7, 11) is 0. The van der Waals surface area contributed by atoms with Crippen LogP contribution in [0.3, 0.4) is 0 Å². The summed E-state index contributed by atoms with van der Waals surface area (Å²) in [5.74, 6) is -0.0647. The maximum atomic E-state index is 12.4. The fourth-order valence-corrected chi connectivity index (χ4v) is 9.24. The van der Waals surface area contributed by atoms with E-state index in [2.05, 4.69) is 43.5 Å². The van der Waals surface area contributed by atoms with Crippen molar-refractivity contribution in [2.75, 3.05) is 13.2 Å². The predicted octanol–water partition coefficient (Wildman–Crippen LogP) is 18.8. The first-order chi connectivity index (χ1) is 33.5. The van der Waals surface area contributed by atoms with Gasteiger partial charge < -0.3 is 20.3 Å². The van der Waals surface area contributed by atoms with Crippen LogP contribution in [0.25, 0.3) is 0 Å². The van der Waals surface area contributed by atoms with E-state index in [1.807, 2.05) is 6.08 Å². The number of amides is 1. The number of aliphatic hydroxyl groups is 2. The van der Waals surface area contributed by atoms with Crippen molar-refractivity contribution in [2.45, 2.75) is 334 Å². The molecule has 0 spiro atoms. The van der Waals surface area contributed by atoms with Crippen LogP contribution in [-0.4, -0.2) is 47.4 Å². The van der Waals surface area contributed by atoms with Gasteiger partial charge in [-0.05, 0) is 57.8 Å². The molecule has 0 aromatic rings. The molecular weight excluding hydrogens is 839 g/mol. The SMILES string of the molecule is CCCC/C=C\C/C=C\CCCCCCCC(=O)OCCCCCCCCCCCCCCCCCCCCCCCCCCCCC(=O)NC(CO)C(O)/C=C/CCCCCCCCCCC. The van der Waals surface area contributed by atoms with Gasteiger partial charge in [-0.2, -0.15) is 0 Å². The van der Waals surface area contributed by atoms with E-state index in [0.717, 1.165) is 51.4 Å². The van der Waals surface area contributed by atoms with Gasteiger partial charge in [0.2, 0.25) is 5.91 Å². The van der Waals surface area contributed by atoms with Crippen molar-refractivity contribution >= 4 is 11.9 Å². The number of esters is 1. The molecular formula is C62H117NO5. The van der Waals surface area contributed by atoms with Crippen LogP contribution in [0.15, 0.2) is 36.5 Å². The van der Waals surface area contributed by atoms with E-state index in [9.17, 15) is 19.8 Å². The van der Waals surface area contributed by atoms with Crippen molar-refractivity contribution in [1.82, 2.24) is 5.32 Å². The van der Waals surface area contributed by atoms with Crippen LogP contribution in [-0.2, 0) is 14.3 Å². The summed E-state index contributed by atoms with van der Waals surface area (Å²) in [6, 6.07) is -0.625. The number of rotatable bonds is 56. The zero-order chi connectivity index (χ0) is 49.3. The molecule has 2 unspecified atom stereocenters. The molecule has 0 saturated heterocycles. The Morgan fingerprint density at radius 3 is 1.16 bits per heavy atom. The fourth-order valence-electron chi connectivity index (χ4n) is 9.24. The molecule has 0 radical (unpaired) electrons. The Labute approximate surface area is 424 Å². The van der Waals surface area contributed by atoms with Gasteiger partial charge in [-0.15, -0.1) is 0 Å². The maximum Gasteiger partial charge on any atom is 0.305 e. The lowest BCUT2D eigenvalue weighted by molar-refractivity contribution is -0.143. The lowest BCUT2D eigenvalue weighted by Gasteiger charge is -2.20. The minimum atomic E-state index is -0.841. The van der Waals surface area contributed by atoms with Crippen molar-refractivity contribution in [1.29, 1.82) is 0 Å². The maximum absolute atomic E-state index is 12.4. The fraction of sp³-hybridized carbons (Fsp3) is 0.871. The van der Waals surface area contributed by atoms with Crippen molar-refractivity contribution in [2.24, 2.45) is 0 Å². The van der Waals surface area contributed by atoms with Crippen LogP contribution < -0.4 is 5.32 Å². The quantitative estimate of drug-likeness (QED) is 0.0321. The number of carbonyl (C=O) groups is 2. The average Bonchev–Trinajstić information content (AvgIpc) is 3.34. The second-order valence-corrected chi connectivity index (χ2v) is 20.7. The van der Waals surface area contributed by atoms with E-state index in [1.165, 1.54) is 244 Å². The molecule has 6 heteroatoms. The van der Waals surface area contributed by atoms with Crippen LogP contribution in [0.5, 0.6) is 0 Å². The molecule has 0 aliphatic heterocycles. The number of unbranched alkanes of at least 4 members (excludes halogenated alkanes) is 41. The van der Waals surface area contributed by atoms with Gasteiger partial charge in [0.15, 0.2) is 0 Å². The van der Waals surface area contributed by atoms with Gasteiger partial charge in [-0.3, -0.25) is 9.59 Å². The average molecular weight is 957 g/mol. The first kappa shape index (κ1) is 66.1. The summed E-state index contributed by atoms with van der Waals surface area (Å²) >= 11 is 0. The van der Waals surface area contributed by atoms with Crippen LogP contribution >= 0.6 is 0 Å². The van der Waals surface area contributed by atoms with E-state index in [4.69, 9.17) is 4.74 Å². The zero-order valence-corrected chi connectivity index (χ0v) is 45.6. The Kier molecular flexibility index (Phi) is 56.0. The smallest absolute Gasteiger partial charge is 0.305 e. The summed E-state index contributed by atoms with van der Waals surface area (Å²) in [5, 5.41) is 23.0. The highest BCUT2D eigenvalue weighted by Gasteiger charge is 2.18. The second kappa shape index (κ2) is 57.7. The van der Waals surface area contributed by atoms with Crippen LogP contribution in [0.2, 0.25) is 0 Å². The highest BCUT2D eigenvalue weighted by molar-refractivity contribution is 5.76. The van der Waals surface area contributed by atoms with E-state index in [-0.39, 0.29) is 18.5 Å². The Balaban J connectivity index is 3.36. The molecule has 1 amide bonds. The molecule has 400 valence electrons. The topological polar surface area (TPSA) is 95.9 Å². The number of carbonyl (C=O) groups excluding carboxylic acids is 2. The summed E-state index contributed by atoms with van der Waals surface area (Å²) in [6.45, 7) is 4.85. The second-order valence-electron chi connectivity index (χ2n) is 20.7. The lowest BCUT2D eigenvalue weighted by atomic mass is 10.0. The van der Waals surface area contributed by atoms with Crippen molar-refractivity contribution < 1.29 is 24.5 Å². The monoisotopic (exact) mass is 956 g/mol. The molecule has 0 aliphatic carbocycles. The molecule has 0 aromatic carbocycles. The molecule has 0 aromatic heterocycles. The number of allylic oxidation sites excluding steroid dienone is 5.